The number of rotatable bonds is 3. The Hall–Kier alpha value is -1.89. The van der Waals surface area contributed by atoms with Crippen molar-refractivity contribution in [1.82, 2.24) is 24.9 Å². The van der Waals surface area contributed by atoms with E-state index in [9.17, 15) is 4.79 Å². The first-order chi connectivity index (χ1) is 9.70. The number of nitrogens with one attached hydrogen (secondary N) is 2. The van der Waals surface area contributed by atoms with Crippen molar-refractivity contribution in [1.29, 1.82) is 0 Å². The van der Waals surface area contributed by atoms with Gasteiger partial charge in [0.2, 0.25) is 0 Å². The number of H-pyrrole nitrogens is 1. The van der Waals surface area contributed by atoms with E-state index in [1.165, 1.54) is 23.7 Å². The Morgan fingerprint density at radius 3 is 3.15 bits per heavy atom. The van der Waals surface area contributed by atoms with E-state index in [0.717, 1.165) is 18.9 Å². The lowest BCUT2D eigenvalue weighted by molar-refractivity contribution is 0.443. The van der Waals surface area contributed by atoms with Crippen LogP contribution in [0.25, 0.3) is 5.65 Å². The van der Waals surface area contributed by atoms with Crippen molar-refractivity contribution in [3.8, 4) is 0 Å². The molecule has 0 amide bonds. The van der Waals surface area contributed by atoms with E-state index in [0.29, 0.717) is 17.5 Å². The zero-order chi connectivity index (χ0) is 14.1. The van der Waals surface area contributed by atoms with Crippen LogP contribution in [-0.4, -0.2) is 45.8 Å². The van der Waals surface area contributed by atoms with Crippen molar-refractivity contribution in [2.45, 2.75) is 32.2 Å². The summed E-state index contributed by atoms with van der Waals surface area (Å²) in [4.78, 5) is 18.6. The number of aryl methyl sites for hydroxylation is 1. The number of nitrogens with zero attached hydrogens (tertiary/aromatic N) is 4. The number of hydrogen-bond donors (Lipinski definition) is 2. The molecule has 0 aromatic carbocycles. The Labute approximate surface area is 117 Å². The number of likely N-dealkylation sites (N-methyl/N-ethyl adjacent to an activating group) is 1. The Morgan fingerprint density at radius 2 is 2.35 bits per heavy atom. The number of piperidine rings is 1. The van der Waals surface area contributed by atoms with Crippen LogP contribution in [0.2, 0.25) is 0 Å². The molecule has 0 saturated carbocycles. The van der Waals surface area contributed by atoms with Crippen molar-refractivity contribution in [2.75, 3.05) is 25.0 Å². The minimum absolute atomic E-state index is 0.234. The maximum Gasteiger partial charge on any atom is 0.349 e. The summed E-state index contributed by atoms with van der Waals surface area (Å²) in [6, 6.07) is 2.34. The third-order valence-corrected chi connectivity index (χ3v) is 3.92. The first-order valence-electron chi connectivity index (χ1n) is 7.06. The van der Waals surface area contributed by atoms with Gasteiger partial charge < -0.3 is 10.2 Å². The average Bonchev–Trinajstić information content (AvgIpc) is 2.82. The van der Waals surface area contributed by atoms with Gasteiger partial charge in [0.25, 0.3) is 0 Å². The lowest BCUT2D eigenvalue weighted by Gasteiger charge is -2.36. The fraction of sp³-hybridized carbons (Fsp3) is 0.615. The molecule has 3 rings (SSSR count). The van der Waals surface area contributed by atoms with Crippen LogP contribution in [0, 0.1) is 6.92 Å². The SMILES string of the molecule is CNCC1CCCCN1c1cc2n[nH]c(=O)n2c(C)n1. The zero-order valence-electron chi connectivity index (χ0n) is 11.9. The van der Waals surface area contributed by atoms with Gasteiger partial charge in [-0.1, -0.05) is 0 Å². The van der Waals surface area contributed by atoms with Gasteiger partial charge in [-0.05, 0) is 33.2 Å². The quantitative estimate of drug-likeness (QED) is 0.843. The summed E-state index contributed by atoms with van der Waals surface area (Å²) in [5.74, 6) is 1.58. The van der Waals surface area contributed by atoms with Gasteiger partial charge in [0.05, 0.1) is 0 Å². The highest BCUT2D eigenvalue weighted by Crippen LogP contribution is 2.23. The zero-order valence-corrected chi connectivity index (χ0v) is 11.9. The Bertz CT molecular complexity index is 658. The predicted octanol–water partition coefficient (Wildman–Crippen LogP) is 0.304. The molecule has 7 nitrogen and oxygen atoms in total. The molecule has 0 bridgehead atoms. The molecular weight excluding hydrogens is 256 g/mol. The molecule has 2 aromatic rings. The second-order valence-electron chi connectivity index (χ2n) is 5.28. The molecule has 0 radical (unpaired) electrons. The Balaban J connectivity index is 2.02. The van der Waals surface area contributed by atoms with E-state index < -0.39 is 0 Å². The minimum Gasteiger partial charge on any atom is -0.352 e. The van der Waals surface area contributed by atoms with Crippen LogP contribution in [0.5, 0.6) is 0 Å². The molecule has 1 saturated heterocycles. The molecule has 3 heterocycles. The van der Waals surface area contributed by atoms with Gasteiger partial charge in [-0.3, -0.25) is 0 Å². The van der Waals surface area contributed by atoms with E-state index in [1.807, 2.05) is 20.0 Å². The van der Waals surface area contributed by atoms with Crippen LogP contribution in [0.15, 0.2) is 10.9 Å². The van der Waals surface area contributed by atoms with Gasteiger partial charge in [-0.25, -0.2) is 19.3 Å². The molecule has 1 aliphatic heterocycles. The van der Waals surface area contributed by atoms with Crippen LogP contribution in [0.4, 0.5) is 5.82 Å². The molecule has 1 aliphatic rings. The average molecular weight is 276 g/mol. The molecular formula is C13H20N6O. The molecule has 108 valence electrons. The van der Waals surface area contributed by atoms with Gasteiger partial charge in [0.1, 0.15) is 11.6 Å². The van der Waals surface area contributed by atoms with E-state index in [1.54, 1.807) is 0 Å². The second kappa shape index (κ2) is 5.24. The van der Waals surface area contributed by atoms with Crippen molar-refractivity contribution in [3.63, 3.8) is 0 Å². The predicted molar refractivity (Wildman–Crippen MR) is 77.3 cm³/mol. The summed E-state index contributed by atoms with van der Waals surface area (Å²) in [5.41, 5.74) is 0.397. The maximum atomic E-state index is 11.6. The number of anilines is 1. The highest BCUT2D eigenvalue weighted by molar-refractivity contribution is 5.52. The van der Waals surface area contributed by atoms with Crippen LogP contribution < -0.4 is 15.9 Å². The number of fused-ring (bicyclic) bond motifs is 1. The van der Waals surface area contributed by atoms with Gasteiger partial charge >= 0.3 is 5.69 Å². The molecule has 2 N–H and O–H groups in total. The molecule has 2 aromatic heterocycles. The summed E-state index contributed by atoms with van der Waals surface area (Å²) in [6.07, 6.45) is 3.60. The topological polar surface area (TPSA) is 78.3 Å². The third kappa shape index (κ3) is 2.18. The monoisotopic (exact) mass is 276 g/mol. The van der Waals surface area contributed by atoms with Gasteiger partial charge in [-0.15, -0.1) is 0 Å². The Kier molecular flexibility index (Phi) is 3.43. The number of hydrogen-bond acceptors (Lipinski definition) is 5. The highest BCUT2D eigenvalue weighted by Gasteiger charge is 2.24. The summed E-state index contributed by atoms with van der Waals surface area (Å²) in [7, 11) is 1.97. The van der Waals surface area contributed by atoms with E-state index in [2.05, 4.69) is 25.4 Å². The van der Waals surface area contributed by atoms with Crippen molar-refractivity contribution in [3.05, 3.63) is 22.4 Å². The molecule has 0 aliphatic carbocycles. The van der Waals surface area contributed by atoms with Crippen molar-refractivity contribution < 1.29 is 0 Å². The molecule has 7 heteroatoms. The number of aromatic amines is 1. The molecule has 1 unspecified atom stereocenters. The van der Waals surface area contributed by atoms with E-state index in [-0.39, 0.29) is 5.69 Å². The molecule has 1 atom stereocenters. The summed E-state index contributed by atoms with van der Waals surface area (Å²) < 4.78 is 1.50. The van der Waals surface area contributed by atoms with Crippen molar-refractivity contribution >= 4 is 11.5 Å². The lowest BCUT2D eigenvalue weighted by atomic mass is 10.0. The number of aromatic nitrogens is 4. The fourth-order valence-electron chi connectivity index (χ4n) is 2.98. The van der Waals surface area contributed by atoms with Gasteiger partial charge in [0.15, 0.2) is 5.65 Å². The first kappa shape index (κ1) is 13.1. The van der Waals surface area contributed by atoms with Crippen LogP contribution >= 0.6 is 0 Å². The lowest BCUT2D eigenvalue weighted by Crippen LogP contribution is -2.45. The largest absolute Gasteiger partial charge is 0.352 e. The van der Waals surface area contributed by atoms with E-state index >= 15 is 0 Å². The standard InChI is InChI=1S/C13H20N6O/c1-9-15-11(7-12-16-17-13(20)19(9)12)18-6-4-3-5-10(18)8-14-2/h7,10,14H,3-6,8H2,1-2H3,(H,17,20). The van der Waals surface area contributed by atoms with Crippen molar-refractivity contribution in [2.24, 2.45) is 0 Å². The summed E-state index contributed by atoms with van der Waals surface area (Å²) in [6.45, 7) is 3.79. The van der Waals surface area contributed by atoms with Crippen LogP contribution in [0.3, 0.4) is 0 Å². The maximum absolute atomic E-state index is 11.6. The second-order valence-corrected chi connectivity index (χ2v) is 5.28. The van der Waals surface area contributed by atoms with Crippen LogP contribution in [0.1, 0.15) is 25.1 Å². The molecule has 20 heavy (non-hydrogen) atoms. The van der Waals surface area contributed by atoms with Gasteiger partial charge in [0, 0.05) is 25.2 Å². The summed E-state index contributed by atoms with van der Waals surface area (Å²) >= 11 is 0. The highest BCUT2D eigenvalue weighted by atomic mass is 16.1. The molecule has 0 spiro atoms. The summed E-state index contributed by atoms with van der Waals surface area (Å²) in [5, 5.41) is 9.77. The Morgan fingerprint density at radius 1 is 1.50 bits per heavy atom. The van der Waals surface area contributed by atoms with Crippen LogP contribution in [-0.2, 0) is 0 Å². The van der Waals surface area contributed by atoms with E-state index in [4.69, 9.17) is 0 Å². The first-order valence-corrected chi connectivity index (χ1v) is 7.06. The normalized spacial score (nSPS) is 19.7. The third-order valence-electron chi connectivity index (χ3n) is 3.92. The minimum atomic E-state index is -0.234. The molecule has 1 fully saturated rings. The fourth-order valence-corrected chi connectivity index (χ4v) is 2.98. The smallest absolute Gasteiger partial charge is 0.349 e. The van der Waals surface area contributed by atoms with Gasteiger partial charge in [-0.2, -0.15) is 5.10 Å².